The zero-order valence-corrected chi connectivity index (χ0v) is 96.1. The second kappa shape index (κ2) is 105. The number of thioether (sulfide) groups is 4. The number of Topliss-reactive ketones (excluding diaryl/α,β-unsaturated/α-hetero) is 1. The van der Waals surface area contributed by atoms with Crippen molar-refractivity contribution >= 4 is 217 Å². The Morgan fingerprint density at radius 3 is 1.19 bits per heavy atom. The molecule has 0 radical (unpaired) electrons. The van der Waals surface area contributed by atoms with Crippen molar-refractivity contribution in [3.05, 3.63) is 39.9 Å². The topological polar surface area (TPSA) is 678 Å². The fourth-order valence-electron chi connectivity index (χ4n) is 7.42. The van der Waals surface area contributed by atoms with Crippen molar-refractivity contribution in [3.8, 4) is 0 Å². The van der Waals surface area contributed by atoms with Crippen LogP contribution in [0.5, 0.6) is 0 Å². The number of amides is 5. The number of nitro benzene ring substituents is 1. The Kier molecular flexibility index (Phi) is 118. The Morgan fingerprint density at radius 1 is 0.556 bits per heavy atom. The van der Waals surface area contributed by atoms with Crippen molar-refractivity contribution in [2.45, 2.75) is 208 Å². The average Bonchev–Trinajstić information content (AvgIpc) is 0.958. The van der Waals surface area contributed by atoms with E-state index in [0.29, 0.717) is 68.4 Å². The molecule has 0 saturated carbocycles. The maximum Gasteiger partial charge on any atom is 0.324 e. The van der Waals surface area contributed by atoms with Crippen LogP contribution >= 0.6 is 63.0 Å². The molecule has 0 aromatic heterocycles. The van der Waals surface area contributed by atoms with Gasteiger partial charge in [-0.25, -0.2) is 0 Å². The largest absolute Gasteiger partial charge is 0.481 e. The molecule has 830 valence electrons. The van der Waals surface area contributed by atoms with Crippen LogP contribution in [0.1, 0.15) is 141 Å². The molecule has 0 bridgehead atoms. The molecule has 13 unspecified atom stereocenters. The number of esters is 3. The molecular formula is C84H165B3BrF4N15O27S8. The molecule has 20 N–H and O–H groups in total. The summed E-state index contributed by atoms with van der Waals surface area (Å²) >= 11 is 9.14. The number of non-ortho nitro benzene ring substituents is 1. The number of primary amides is 5. The molecule has 13 atom stereocenters. The minimum absolute atomic E-state index is 0.00852. The summed E-state index contributed by atoms with van der Waals surface area (Å²) in [5, 5.41) is 39.0. The molecule has 1 aliphatic heterocycles. The summed E-state index contributed by atoms with van der Waals surface area (Å²) in [4.78, 5) is 152. The number of nitrogens with one attached hydrogen (secondary N) is 5. The fourth-order valence-corrected chi connectivity index (χ4v) is 16.9. The molecule has 0 spiro atoms. The van der Waals surface area contributed by atoms with Gasteiger partial charge in [-0.1, -0.05) is 52.3 Å². The number of ether oxygens (including phenoxy) is 7. The smallest absolute Gasteiger partial charge is 0.324 e. The number of aliphatic carboxylic acids is 3. The van der Waals surface area contributed by atoms with Crippen LogP contribution < -0.4 is 61.9 Å². The number of alkyl halides is 1. The van der Waals surface area contributed by atoms with Gasteiger partial charge in [0.15, 0.2) is 0 Å². The summed E-state index contributed by atoms with van der Waals surface area (Å²) in [6.45, 7) is 27.6. The molecule has 0 aliphatic carbocycles. The number of hydrogen-bond donors (Lipinski definition) is 14. The van der Waals surface area contributed by atoms with Gasteiger partial charge in [0, 0.05) is 110 Å². The molecule has 1 fully saturated rings. The van der Waals surface area contributed by atoms with Crippen molar-refractivity contribution in [2.75, 3.05) is 171 Å². The Morgan fingerprint density at radius 2 is 0.894 bits per heavy atom. The maximum absolute atomic E-state index is 12.3. The third kappa shape index (κ3) is 116. The van der Waals surface area contributed by atoms with Crippen LogP contribution in [0, 0.1) is 40.7 Å². The van der Waals surface area contributed by atoms with Crippen LogP contribution in [0.4, 0.5) is 23.6 Å². The SMILES string of the molecule is CC(C)(C)OC(=O)C(CBr)N=CB=O.CC(C)(C)OC(=O)C(CCC(=O)O)N=CB=O.CC(C)(C)OC(=O)C(CCSCC(NF)C(N)=O)N=CB=O.CC(C)CCSCC(C)C(N)=O.CC(CCSCC(NF)C(N)=O)C(=O)O.CC1CCSCC(C(N)=O)NCC1=O.CN.COC.COC.COC.COC.CS(C)=S(C)CC(NF)C(=O)O.CS(C)=S(C)CC(NF)C(N)=O.Cc1ccc([N+](=O)[O-])cc1. The monoisotopic (exact) mass is 2260 g/mol. The molecular weight excluding hydrogens is 2100 g/mol. The zero-order chi connectivity index (χ0) is 114. The first-order chi connectivity index (χ1) is 65.8. The minimum atomic E-state index is -1.12. The molecule has 1 saturated heterocycles. The standard InChI is InChI=1S/C12H21BFN3O4S.C10H16BNO5.C9H16N2O2S.C9H19NOS.C8H13BBrNO3.C8H15FN2O3S.C7H7NO2.C6H15FN2OS2.C6H14FNO2S2.4C2H6O.CH5N/c1-12(2,3)21-11(19)8(16-7-13-20)4-5-22-6-9(17-14)10(15)18;1-10(2,3)17-9(15)7(12-6-11-16)4-5-8(13)14;1-6-2-3-14-5-7(9(10)13)11-4-8(6)12;1-7(2)4-5-12-6-8(3)9(10)11;1-8(2,3)14-7(12)6(4-10)11-5-9-13;1-5(8(13)14)2-3-15-4-6(11-9)7(10)12;1-6-2-4-7(5-3-6)8(9)10;1-11(2)12(3)4-5(9-7)6(8)10;1-11(2)12(3)4-5(8-7)6(9)10;4*1-3-2;1-2/h7-9,17H,4-6H2,1-3H3,(H2,15,18);6-7H,4-5H2,1-3H3,(H,13,14);6-7,11H,2-5H2,1H3,(H2,10,13);7-8H,4-6H2,1-3H3,(H2,10,11);5-6H,4H2,1-3H3;5-6,11H,2-4H2,1H3,(H2,10,12)(H,13,14);2-5H,1H3;5,9H,4H2,1-3H3,(H2,8,10);5,8H,4H2,1-3H3,(H,9,10);4*1-2H3;2H2,1H3. The van der Waals surface area contributed by atoms with Crippen molar-refractivity contribution in [1.82, 2.24) is 27.5 Å². The van der Waals surface area contributed by atoms with Gasteiger partial charge in [-0.3, -0.25) is 49.0 Å². The molecule has 1 heterocycles. The number of aliphatic imine (C=N–C) groups is 3. The number of nitrogens with zero attached hydrogens (tertiary/aromatic N) is 4. The first-order valence-corrected chi connectivity index (χ1v) is 57.4. The van der Waals surface area contributed by atoms with Gasteiger partial charge in [0.05, 0.1) is 23.4 Å². The van der Waals surface area contributed by atoms with Crippen molar-refractivity contribution in [1.29, 1.82) is 0 Å². The second-order valence-corrected chi connectivity index (χ2v) is 51.1. The number of aryl methyl sites for hydroxylation is 1. The van der Waals surface area contributed by atoms with Crippen LogP contribution in [0.15, 0.2) is 39.2 Å². The molecule has 42 nitrogen and oxygen atoms in total. The number of nitrogens with two attached hydrogens (primary N) is 6. The van der Waals surface area contributed by atoms with E-state index in [1.807, 2.05) is 57.6 Å². The molecule has 58 heteroatoms. The number of hydrogen-bond acceptors (Lipinski definition) is 37. The Hall–Kier alpha value is -6.34. The van der Waals surface area contributed by atoms with Gasteiger partial charge in [-0.2, -0.15) is 73.1 Å². The van der Waals surface area contributed by atoms with E-state index in [0.717, 1.165) is 53.5 Å². The quantitative estimate of drug-likeness (QED) is 0.00356. The van der Waals surface area contributed by atoms with Crippen molar-refractivity contribution in [3.63, 3.8) is 0 Å². The fraction of sp³-hybridized carbons (Fsp3) is 0.750. The van der Waals surface area contributed by atoms with Crippen molar-refractivity contribution < 1.29 is 143 Å². The van der Waals surface area contributed by atoms with Crippen molar-refractivity contribution in [2.24, 2.45) is 73.1 Å². The van der Waals surface area contributed by atoms with Gasteiger partial charge in [0.25, 0.3) is 5.69 Å². The van der Waals surface area contributed by atoms with Crippen LogP contribution in [-0.4, -0.2) is 367 Å². The van der Waals surface area contributed by atoms with E-state index in [2.05, 4.69) is 87.3 Å². The molecule has 142 heavy (non-hydrogen) atoms. The average molecular weight is 2260 g/mol. The minimum Gasteiger partial charge on any atom is -0.481 e. The van der Waals surface area contributed by atoms with E-state index in [1.165, 1.54) is 71.3 Å². The maximum atomic E-state index is 12.3. The third-order valence-corrected chi connectivity index (χ3v) is 31.8. The van der Waals surface area contributed by atoms with Crippen LogP contribution in [-0.2, 0) is 143 Å². The van der Waals surface area contributed by atoms with E-state index in [-0.39, 0.29) is 110 Å². The number of rotatable bonds is 44. The molecule has 1 aromatic carbocycles. The first kappa shape index (κ1) is 161. The van der Waals surface area contributed by atoms with Gasteiger partial charge < -0.3 is 57.8 Å². The number of ketones is 1. The van der Waals surface area contributed by atoms with Gasteiger partial charge in [0.2, 0.25) is 23.6 Å². The predicted molar refractivity (Wildman–Crippen MR) is 579 cm³/mol. The zero-order valence-electron chi connectivity index (χ0n) is 88.0. The summed E-state index contributed by atoms with van der Waals surface area (Å²) < 4.78 is 111. The summed E-state index contributed by atoms with van der Waals surface area (Å²) in [6.07, 6.45) is 17.8. The number of carbonyl (C=O) groups is 12. The predicted octanol–water partition coefficient (Wildman–Crippen LogP) is 5.69. The van der Waals surface area contributed by atoms with Gasteiger partial charge in [-0.15, -0.1) is 30.1 Å². The Bertz CT molecular complexity index is 3720. The van der Waals surface area contributed by atoms with Crippen LogP contribution in [0.3, 0.4) is 0 Å². The van der Waals surface area contributed by atoms with Gasteiger partial charge in [0.1, 0.15) is 23.9 Å². The summed E-state index contributed by atoms with van der Waals surface area (Å²) in [5.74, 6) is -1.02. The summed E-state index contributed by atoms with van der Waals surface area (Å²) in [7, 11) is 16.3. The van der Waals surface area contributed by atoms with Gasteiger partial charge in [-0.05, 0) is 93.9 Å². The molecule has 1 aromatic rings. The summed E-state index contributed by atoms with van der Waals surface area (Å²) in [5.41, 5.74) is 34.3. The Labute approximate surface area is 873 Å². The number of halogens is 5. The molecule has 1 aliphatic rings. The summed E-state index contributed by atoms with van der Waals surface area (Å²) in [6, 6.07) is -0.312. The number of carboxylic acids is 3. The Balaban J connectivity index is -0.000000132. The third-order valence-electron chi connectivity index (χ3n) is 15.1. The van der Waals surface area contributed by atoms with Crippen LogP contribution in [0.2, 0.25) is 0 Å². The normalized spacial score (nSPS) is 14.7. The number of nitro groups is 1. The second-order valence-electron chi connectivity index (χ2n) is 32.5. The van der Waals surface area contributed by atoms with E-state index in [9.17, 15) is 99.7 Å². The number of carboxylic acid groups (broad SMARTS) is 3. The van der Waals surface area contributed by atoms with E-state index in [4.69, 9.17) is 58.2 Å². The van der Waals surface area contributed by atoms with E-state index < -0.39 is 123 Å². The first-order valence-electron chi connectivity index (χ1n) is 43.0. The van der Waals surface area contributed by atoms with Gasteiger partial charge >= 0.3 is 337 Å². The number of benzene rings is 1. The number of methoxy groups -OCH3 is 4. The molecule has 5 amide bonds. The van der Waals surface area contributed by atoms with Crippen LogP contribution in [0.25, 0.3) is 0 Å². The van der Waals surface area contributed by atoms with E-state index in [1.54, 1.807) is 150 Å². The molecule has 2 rings (SSSR count). The van der Waals surface area contributed by atoms with E-state index >= 15 is 0 Å². The number of carbonyl (C=O) groups excluding carboxylic acids is 9.